The molecule has 3 aliphatic carbocycles. The molecule has 3 saturated carbocycles. The smallest absolute Gasteiger partial charge is 0.303 e. The molecule has 3 aliphatic rings. The van der Waals surface area contributed by atoms with Crippen LogP contribution < -0.4 is 0 Å². The zero-order chi connectivity index (χ0) is 19.9. The number of fused-ring (bicyclic) bond motifs is 2. The van der Waals surface area contributed by atoms with Crippen molar-refractivity contribution in [3.05, 3.63) is 24.3 Å². The highest BCUT2D eigenvalue weighted by Crippen LogP contribution is 2.64. The number of unbranched alkanes of at least 4 members (excludes halogenated alkanes) is 3. The largest absolute Gasteiger partial charge is 0.481 e. The first-order chi connectivity index (χ1) is 12.9. The summed E-state index contributed by atoms with van der Waals surface area (Å²) >= 11 is 0. The number of hydrogen-bond donors (Lipinski definition) is 2. The number of hydrogen-bond acceptors (Lipinski definition) is 2. The van der Waals surface area contributed by atoms with E-state index in [1.54, 1.807) is 0 Å². The zero-order valence-corrected chi connectivity index (χ0v) is 17.6. The Balaban J connectivity index is 1.88. The predicted molar refractivity (Wildman–Crippen MR) is 112 cm³/mol. The van der Waals surface area contributed by atoms with E-state index in [0.29, 0.717) is 17.3 Å². The Kier molecular flexibility index (Phi) is 8.60. The molecule has 2 N–H and O–H groups in total. The zero-order valence-electron chi connectivity index (χ0n) is 17.6. The number of aliphatic hydroxyl groups excluding tert-OH is 1. The van der Waals surface area contributed by atoms with Crippen molar-refractivity contribution >= 4 is 5.97 Å². The Bertz CT molecular complexity index is 520. The Morgan fingerprint density at radius 1 is 1.19 bits per heavy atom. The van der Waals surface area contributed by atoms with E-state index in [4.69, 9.17) is 5.11 Å². The second-order valence-electron chi connectivity index (χ2n) is 9.37. The Hall–Kier alpha value is -1.09. The van der Waals surface area contributed by atoms with Crippen LogP contribution in [0.2, 0.25) is 0 Å². The highest BCUT2D eigenvalue weighted by Gasteiger charge is 2.56. The number of aliphatic hydroxyl groups is 1. The lowest BCUT2D eigenvalue weighted by Crippen LogP contribution is -2.55. The Morgan fingerprint density at radius 3 is 2.63 bits per heavy atom. The number of rotatable bonds is 12. The summed E-state index contributed by atoms with van der Waals surface area (Å²) in [7, 11) is 0. The highest BCUT2D eigenvalue weighted by atomic mass is 16.4. The molecule has 0 aromatic carbocycles. The van der Waals surface area contributed by atoms with Gasteiger partial charge in [0, 0.05) is 6.42 Å². The van der Waals surface area contributed by atoms with E-state index < -0.39 is 5.97 Å². The number of carboxylic acid groups (broad SMARTS) is 1. The van der Waals surface area contributed by atoms with E-state index in [0.717, 1.165) is 43.9 Å². The van der Waals surface area contributed by atoms with Crippen LogP contribution in [-0.4, -0.2) is 22.3 Å². The van der Waals surface area contributed by atoms with Crippen LogP contribution in [0.1, 0.15) is 85.0 Å². The monoisotopic (exact) mass is 376 g/mol. The van der Waals surface area contributed by atoms with Crippen molar-refractivity contribution < 1.29 is 15.0 Å². The lowest BCUT2D eigenvalue weighted by molar-refractivity contribution is -0.137. The fourth-order valence-corrected chi connectivity index (χ4v) is 5.26. The molecular weight excluding hydrogens is 336 g/mol. The molecule has 3 nitrogen and oxygen atoms in total. The van der Waals surface area contributed by atoms with E-state index in [2.05, 4.69) is 45.1 Å². The lowest BCUT2D eigenvalue weighted by Gasteiger charge is -2.62. The third kappa shape index (κ3) is 6.20. The van der Waals surface area contributed by atoms with Crippen molar-refractivity contribution in [3.63, 3.8) is 0 Å². The van der Waals surface area contributed by atoms with E-state index in [1.807, 2.05) is 0 Å². The number of aliphatic carboxylic acids is 1. The minimum Gasteiger partial charge on any atom is -0.481 e. The average Bonchev–Trinajstić information content (AvgIpc) is 2.62. The van der Waals surface area contributed by atoms with Crippen molar-refractivity contribution in [2.24, 2.45) is 29.1 Å². The summed E-state index contributed by atoms with van der Waals surface area (Å²) in [4.78, 5) is 10.6. The number of carbonyl (C=O) groups is 1. The van der Waals surface area contributed by atoms with Crippen LogP contribution >= 0.6 is 0 Å². The molecule has 0 heterocycles. The molecule has 0 aliphatic heterocycles. The van der Waals surface area contributed by atoms with Crippen molar-refractivity contribution in [3.8, 4) is 0 Å². The Morgan fingerprint density at radius 2 is 1.96 bits per heavy atom. The molecule has 3 rings (SSSR count). The molecule has 2 bridgehead atoms. The van der Waals surface area contributed by atoms with Gasteiger partial charge in [-0.05, 0) is 67.6 Å². The summed E-state index contributed by atoms with van der Waals surface area (Å²) in [5, 5.41) is 19.0. The normalized spacial score (nSPS) is 30.5. The van der Waals surface area contributed by atoms with E-state index in [9.17, 15) is 9.90 Å². The quantitative estimate of drug-likeness (QED) is 0.325. The summed E-state index contributed by atoms with van der Waals surface area (Å²) in [6.45, 7) is 7.04. The molecule has 0 aromatic heterocycles. The van der Waals surface area contributed by atoms with Gasteiger partial charge in [0.05, 0.1) is 6.10 Å². The first-order valence-corrected chi connectivity index (χ1v) is 11.1. The van der Waals surface area contributed by atoms with Crippen LogP contribution in [0.4, 0.5) is 0 Å². The lowest BCUT2D eigenvalue weighted by atomic mass is 9.43. The second-order valence-corrected chi connectivity index (χ2v) is 9.37. The van der Waals surface area contributed by atoms with Gasteiger partial charge >= 0.3 is 5.97 Å². The molecule has 0 saturated heterocycles. The number of allylic oxidation sites excluding steroid dienone is 3. The van der Waals surface area contributed by atoms with Gasteiger partial charge in [0.25, 0.3) is 0 Å². The molecule has 3 fully saturated rings. The molecule has 0 spiro atoms. The van der Waals surface area contributed by atoms with Gasteiger partial charge in [-0.2, -0.15) is 0 Å². The van der Waals surface area contributed by atoms with Crippen molar-refractivity contribution in [2.75, 3.05) is 0 Å². The molecule has 5 atom stereocenters. The second kappa shape index (κ2) is 10.5. The fourth-order valence-electron chi connectivity index (χ4n) is 5.26. The van der Waals surface area contributed by atoms with Crippen LogP contribution in [0.3, 0.4) is 0 Å². The third-order valence-electron chi connectivity index (χ3n) is 7.19. The summed E-state index contributed by atoms with van der Waals surface area (Å²) in [5.74, 6) is 2.11. The van der Waals surface area contributed by atoms with Crippen molar-refractivity contribution in [1.82, 2.24) is 0 Å². The van der Waals surface area contributed by atoms with Gasteiger partial charge in [0.15, 0.2) is 0 Å². The maximum Gasteiger partial charge on any atom is 0.303 e. The predicted octanol–water partition coefficient (Wildman–Crippen LogP) is 5.98. The minimum atomic E-state index is -0.708. The van der Waals surface area contributed by atoms with Crippen molar-refractivity contribution in [1.29, 1.82) is 0 Å². The summed E-state index contributed by atoms with van der Waals surface area (Å²) < 4.78 is 0. The first kappa shape index (κ1) is 22.2. The molecule has 0 unspecified atom stereocenters. The van der Waals surface area contributed by atoms with Crippen LogP contribution in [-0.2, 0) is 4.79 Å². The van der Waals surface area contributed by atoms with Crippen LogP contribution in [0.5, 0.6) is 0 Å². The molecule has 0 aromatic rings. The SMILES string of the molecule is CCCCC[C@H](O)/C=C/[C@H]1C[C@H]2C[C@@H]([C@@H]1C/C=C\CCCC(=O)O)C2(C)C. The first-order valence-electron chi connectivity index (χ1n) is 11.1. The van der Waals surface area contributed by atoms with Crippen molar-refractivity contribution in [2.45, 2.75) is 91.1 Å². The maximum absolute atomic E-state index is 10.6. The molecular formula is C24H40O3. The van der Waals surface area contributed by atoms with E-state index >= 15 is 0 Å². The average molecular weight is 377 g/mol. The topological polar surface area (TPSA) is 57.5 Å². The van der Waals surface area contributed by atoms with Gasteiger partial charge in [-0.1, -0.05) is 64.3 Å². The van der Waals surface area contributed by atoms with Gasteiger partial charge in [0.1, 0.15) is 0 Å². The van der Waals surface area contributed by atoms with Crippen LogP contribution in [0, 0.1) is 29.1 Å². The fraction of sp³-hybridized carbons (Fsp3) is 0.792. The standard InChI is InChI=1S/C24H40O3/c1-4-5-8-11-20(25)15-14-18-16-19-17-22(24(19,2)3)21(18)12-9-6-7-10-13-23(26)27/h6,9,14-15,18-22,25H,4-5,7-8,10-13,16-17H2,1-3H3,(H,26,27)/b9-6-,15-14+/t18-,19-,20-,21+,22-/m0/s1. The summed E-state index contributed by atoms with van der Waals surface area (Å²) in [6, 6.07) is 0. The van der Waals surface area contributed by atoms with Gasteiger partial charge in [0.2, 0.25) is 0 Å². The van der Waals surface area contributed by atoms with Gasteiger partial charge in [-0.25, -0.2) is 0 Å². The van der Waals surface area contributed by atoms with Crippen LogP contribution in [0.25, 0.3) is 0 Å². The Labute approximate surface area is 165 Å². The molecule has 154 valence electrons. The summed E-state index contributed by atoms with van der Waals surface area (Å²) in [5.41, 5.74) is 0.450. The van der Waals surface area contributed by atoms with Crippen LogP contribution in [0.15, 0.2) is 24.3 Å². The maximum atomic E-state index is 10.6. The summed E-state index contributed by atoms with van der Waals surface area (Å²) in [6.07, 6.45) is 18.4. The minimum absolute atomic E-state index is 0.256. The van der Waals surface area contributed by atoms with Gasteiger partial charge in [-0.3, -0.25) is 4.79 Å². The van der Waals surface area contributed by atoms with Gasteiger partial charge < -0.3 is 10.2 Å². The highest BCUT2D eigenvalue weighted by molar-refractivity contribution is 5.66. The third-order valence-corrected chi connectivity index (χ3v) is 7.19. The van der Waals surface area contributed by atoms with E-state index in [-0.39, 0.29) is 12.5 Å². The molecule has 0 radical (unpaired) electrons. The molecule has 0 amide bonds. The molecule has 27 heavy (non-hydrogen) atoms. The molecule has 3 heteroatoms. The van der Waals surface area contributed by atoms with E-state index in [1.165, 1.54) is 25.7 Å². The van der Waals surface area contributed by atoms with Gasteiger partial charge in [-0.15, -0.1) is 0 Å². The number of carboxylic acids is 1.